The molecule has 0 fully saturated rings. The first kappa shape index (κ1) is 8.87. The molecule has 3 nitrogen and oxygen atoms in total. The largest absolute Gasteiger partial charge is 0.409 e. The second kappa shape index (κ2) is 3.97. The van der Waals surface area contributed by atoms with Crippen molar-refractivity contribution in [2.75, 3.05) is 26.0 Å². The molecular formula is C9H14N2O. The number of benzene rings is 1. The van der Waals surface area contributed by atoms with Crippen molar-refractivity contribution in [2.24, 2.45) is 0 Å². The molecule has 66 valence electrons. The van der Waals surface area contributed by atoms with Gasteiger partial charge >= 0.3 is 0 Å². The zero-order valence-electron chi connectivity index (χ0n) is 7.66. The Morgan fingerprint density at radius 3 is 2.67 bits per heavy atom. The second-order valence-corrected chi connectivity index (χ2v) is 2.70. The molecule has 0 saturated heterocycles. The van der Waals surface area contributed by atoms with Gasteiger partial charge in [0, 0.05) is 32.9 Å². The van der Waals surface area contributed by atoms with Crippen molar-refractivity contribution in [3.8, 4) is 5.75 Å². The Morgan fingerprint density at radius 1 is 1.33 bits per heavy atom. The Hall–Kier alpha value is -1.22. The van der Waals surface area contributed by atoms with E-state index >= 15 is 0 Å². The van der Waals surface area contributed by atoms with E-state index in [9.17, 15) is 0 Å². The minimum Gasteiger partial charge on any atom is -0.409 e. The van der Waals surface area contributed by atoms with E-state index < -0.39 is 0 Å². The van der Waals surface area contributed by atoms with Gasteiger partial charge in [0.25, 0.3) is 0 Å². The maximum absolute atomic E-state index is 5.12. The van der Waals surface area contributed by atoms with Gasteiger partial charge in [-0.1, -0.05) is 6.07 Å². The van der Waals surface area contributed by atoms with E-state index in [0.717, 1.165) is 11.4 Å². The van der Waals surface area contributed by atoms with Crippen LogP contribution < -0.4 is 15.2 Å². The summed E-state index contributed by atoms with van der Waals surface area (Å²) in [6.07, 6.45) is 0. The fraction of sp³-hybridized carbons (Fsp3) is 0.333. The van der Waals surface area contributed by atoms with Crippen LogP contribution in [0.3, 0.4) is 0 Å². The van der Waals surface area contributed by atoms with Crippen LogP contribution >= 0.6 is 0 Å². The first-order chi connectivity index (χ1) is 5.74. The highest BCUT2D eigenvalue weighted by Crippen LogP contribution is 2.18. The maximum Gasteiger partial charge on any atom is 0.149 e. The van der Waals surface area contributed by atoms with Crippen LogP contribution in [0.15, 0.2) is 24.3 Å². The van der Waals surface area contributed by atoms with Crippen molar-refractivity contribution < 1.29 is 4.84 Å². The summed E-state index contributed by atoms with van der Waals surface area (Å²) in [5, 5.41) is 0. The Balaban J connectivity index is 2.81. The summed E-state index contributed by atoms with van der Waals surface area (Å²) in [5.41, 5.74) is 3.76. The third-order valence-electron chi connectivity index (χ3n) is 1.55. The number of hydroxylamine groups is 1. The lowest BCUT2D eigenvalue weighted by Gasteiger charge is -2.13. The lowest BCUT2D eigenvalue weighted by atomic mass is 10.3. The highest BCUT2D eigenvalue weighted by atomic mass is 16.6. The van der Waals surface area contributed by atoms with E-state index in [1.54, 1.807) is 7.05 Å². The van der Waals surface area contributed by atoms with Crippen molar-refractivity contribution in [2.45, 2.75) is 0 Å². The summed E-state index contributed by atoms with van der Waals surface area (Å²) in [6, 6.07) is 7.87. The quantitative estimate of drug-likeness (QED) is 0.684. The van der Waals surface area contributed by atoms with Gasteiger partial charge in [-0.3, -0.25) is 0 Å². The van der Waals surface area contributed by atoms with Crippen molar-refractivity contribution in [1.29, 1.82) is 0 Å². The van der Waals surface area contributed by atoms with Crippen LogP contribution in [0, 0.1) is 0 Å². The van der Waals surface area contributed by atoms with Crippen LogP contribution in [0.1, 0.15) is 0 Å². The SMILES string of the molecule is CNOc1cccc(N(C)C)c1. The van der Waals surface area contributed by atoms with Gasteiger partial charge in [-0.15, -0.1) is 0 Å². The molecule has 0 aliphatic rings. The second-order valence-electron chi connectivity index (χ2n) is 2.70. The van der Waals surface area contributed by atoms with Crippen LogP contribution in [-0.4, -0.2) is 21.1 Å². The normalized spacial score (nSPS) is 9.58. The summed E-state index contributed by atoms with van der Waals surface area (Å²) in [4.78, 5) is 7.15. The van der Waals surface area contributed by atoms with Crippen molar-refractivity contribution in [1.82, 2.24) is 5.48 Å². The molecular weight excluding hydrogens is 152 g/mol. The topological polar surface area (TPSA) is 24.5 Å². The monoisotopic (exact) mass is 166 g/mol. The minimum absolute atomic E-state index is 0.823. The van der Waals surface area contributed by atoms with Gasteiger partial charge in [0.15, 0.2) is 0 Å². The number of hydrogen-bond acceptors (Lipinski definition) is 3. The molecule has 0 heterocycles. The fourth-order valence-corrected chi connectivity index (χ4v) is 0.943. The number of nitrogens with one attached hydrogen (secondary N) is 1. The van der Waals surface area contributed by atoms with Gasteiger partial charge in [0.05, 0.1) is 0 Å². The maximum atomic E-state index is 5.12. The molecule has 0 bridgehead atoms. The van der Waals surface area contributed by atoms with Gasteiger partial charge in [-0.05, 0) is 12.1 Å². The van der Waals surface area contributed by atoms with Crippen molar-refractivity contribution in [3.63, 3.8) is 0 Å². The molecule has 1 aromatic carbocycles. The summed E-state index contributed by atoms with van der Waals surface area (Å²) in [6.45, 7) is 0. The lowest BCUT2D eigenvalue weighted by Crippen LogP contribution is -2.12. The standard InChI is InChI=1S/C9H14N2O/c1-10-12-9-6-4-5-8(7-9)11(2)3/h4-7,10H,1-3H3. The summed E-state index contributed by atoms with van der Waals surface area (Å²) < 4.78 is 0. The number of hydrogen-bond donors (Lipinski definition) is 1. The van der Waals surface area contributed by atoms with E-state index in [2.05, 4.69) is 5.48 Å². The van der Waals surface area contributed by atoms with Gasteiger partial charge in [-0.25, -0.2) is 0 Å². The summed E-state index contributed by atoms with van der Waals surface area (Å²) >= 11 is 0. The Bertz CT molecular complexity index is 248. The molecule has 0 aliphatic carbocycles. The van der Waals surface area contributed by atoms with Gasteiger partial charge in [0.2, 0.25) is 0 Å². The highest BCUT2D eigenvalue weighted by Gasteiger charge is 1.96. The molecule has 0 saturated carbocycles. The Morgan fingerprint density at radius 2 is 2.08 bits per heavy atom. The molecule has 0 atom stereocenters. The van der Waals surface area contributed by atoms with Crippen molar-refractivity contribution in [3.05, 3.63) is 24.3 Å². The van der Waals surface area contributed by atoms with Gasteiger partial charge in [0.1, 0.15) is 5.75 Å². The predicted molar refractivity (Wildman–Crippen MR) is 50.5 cm³/mol. The van der Waals surface area contributed by atoms with Crippen LogP contribution in [0.25, 0.3) is 0 Å². The smallest absolute Gasteiger partial charge is 0.149 e. The number of anilines is 1. The van der Waals surface area contributed by atoms with E-state index in [-0.39, 0.29) is 0 Å². The molecule has 1 rings (SSSR count). The minimum atomic E-state index is 0.823. The predicted octanol–water partition coefficient (Wildman–Crippen LogP) is 1.27. The first-order valence-electron chi connectivity index (χ1n) is 3.85. The van der Waals surface area contributed by atoms with Crippen LogP contribution in [0.5, 0.6) is 5.75 Å². The van der Waals surface area contributed by atoms with E-state index in [1.165, 1.54) is 0 Å². The molecule has 1 N–H and O–H groups in total. The molecule has 0 unspecified atom stereocenters. The first-order valence-corrected chi connectivity index (χ1v) is 3.85. The molecule has 3 heteroatoms. The zero-order chi connectivity index (χ0) is 8.97. The van der Waals surface area contributed by atoms with Crippen LogP contribution in [0.4, 0.5) is 5.69 Å². The van der Waals surface area contributed by atoms with E-state index in [0.29, 0.717) is 0 Å². The Kier molecular flexibility index (Phi) is 2.94. The highest BCUT2D eigenvalue weighted by molar-refractivity contribution is 5.49. The average Bonchev–Trinajstić information content (AvgIpc) is 2.05. The third-order valence-corrected chi connectivity index (χ3v) is 1.55. The summed E-state index contributed by atoms with van der Waals surface area (Å²) in [5.74, 6) is 0.823. The molecule has 0 aliphatic heterocycles. The molecule has 0 spiro atoms. The zero-order valence-corrected chi connectivity index (χ0v) is 7.66. The lowest BCUT2D eigenvalue weighted by molar-refractivity contribution is 0.224. The van der Waals surface area contributed by atoms with Gasteiger partial charge < -0.3 is 9.74 Å². The van der Waals surface area contributed by atoms with E-state index in [4.69, 9.17) is 4.84 Å². The van der Waals surface area contributed by atoms with Crippen molar-refractivity contribution >= 4 is 5.69 Å². The van der Waals surface area contributed by atoms with Gasteiger partial charge in [-0.2, -0.15) is 5.48 Å². The third kappa shape index (κ3) is 2.13. The molecule has 0 aromatic heterocycles. The molecule has 1 aromatic rings. The molecule has 0 radical (unpaired) electrons. The number of rotatable bonds is 3. The van der Waals surface area contributed by atoms with Crippen LogP contribution in [0.2, 0.25) is 0 Å². The molecule has 12 heavy (non-hydrogen) atoms. The average molecular weight is 166 g/mol. The van der Waals surface area contributed by atoms with Crippen LogP contribution in [-0.2, 0) is 0 Å². The molecule has 0 amide bonds. The van der Waals surface area contributed by atoms with E-state index in [1.807, 2.05) is 43.3 Å². The fourth-order valence-electron chi connectivity index (χ4n) is 0.943. The number of nitrogens with zero attached hydrogens (tertiary/aromatic N) is 1. The summed E-state index contributed by atoms with van der Waals surface area (Å²) in [7, 11) is 5.74. The Labute approximate surface area is 72.9 Å².